The number of hydrogen-bond donors (Lipinski definition) is 0. The van der Waals surface area contributed by atoms with E-state index in [1.807, 2.05) is 0 Å². The third-order valence-electron chi connectivity index (χ3n) is 13.1. The van der Waals surface area contributed by atoms with E-state index >= 15 is 0 Å². The molecule has 0 atom stereocenters. The Balaban J connectivity index is 1.22. The lowest BCUT2D eigenvalue weighted by Gasteiger charge is -2.23. The first-order valence-electron chi connectivity index (χ1n) is 22.4. The van der Waals surface area contributed by atoms with Gasteiger partial charge in [-0.05, 0) is 138 Å². The van der Waals surface area contributed by atoms with Crippen LogP contribution in [-0.4, -0.2) is 9.13 Å². The molecule has 0 amide bonds. The summed E-state index contributed by atoms with van der Waals surface area (Å²) in [6, 6.07) is 90.9. The summed E-state index contributed by atoms with van der Waals surface area (Å²) in [5, 5.41) is 7.29. The van der Waals surface area contributed by atoms with Crippen molar-refractivity contribution in [3.63, 3.8) is 0 Å². The first kappa shape index (κ1) is 38.2. The molecule has 10 aromatic carbocycles. The Kier molecular flexibility index (Phi) is 9.43. The van der Waals surface area contributed by atoms with Gasteiger partial charge in [-0.15, -0.1) is 0 Å². The van der Waals surface area contributed by atoms with Crippen molar-refractivity contribution >= 4 is 32.3 Å². The van der Waals surface area contributed by atoms with Crippen LogP contribution in [0.1, 0.15) is 5.56 Å². The summed E-state index contributed by atoms with van der Waals surface area (Å²) < 4.78 is 4.89. The van der Waals surface area contributed by atoms with Gasteiger partial charge in [-0.2, -0.15) is 0 Å². The average Bonchev–Trinajstić information content (AvgIpc) is 4.03. The normalized spacial score (nSPS) is 11.5. The average molecular weight is 829 g/mol. The van der Waals surface area contributed by atoms with Crippen molar-refractivity contribution in [3.05, 3.63) is 254 Å². The molecule has 306 valence electrons. The monoisotopic (exact) mass is 828 g/mol. The van der Waals surface area contributed by atoms with Gasteiger partial charge < -0.3 is 9.13 Å². The molecule has 0 saturated heterocycles. The molecule has 0 saturated carbocycles. The van der Waals surface area contributed by atoms with Crippen LogP contribution >= 0.6 is 0 Å². The standard InChI is InChI=1S/C63H44N2/c1-43-19-14-16-30-51(43)62-54-35-33-50(65-60(47-25-10-4-11-26-47)39-40-61(65)48-27-12-5-13-28-48)42-57(54)63(53-32-18-29-44-20-15-17-31-52(44)53)55-36-34-49(41-56(55)62)64-58(45-21-6-2-7-22-45)37-38-59(64)46-23-8-3-9-24-46/h2-42H,1H3. The van der Waals surface area contributed by atoms with Crippen LogP contribution in [0, 0.1) is 6.92 Å². The van der Waals surface area contributed by atoms with Crippen LogP contribution < -0.4 is 0 Å². The van der Waals surface area contributed by atoms with Crippen molar-refractivity contribution in [1.29, 1.82) is 0 Å². The number of benzene rings is 10. The fourth-order valence-corrected chi connectivity index (χ4v) is 10.1. The topological polar surface area (TPSA) is 9.86 Å². The van der Waals surface area contributed by atoms with E-state index < -0.39 is 0 Å². The molecule has 12 rings (SSSR count). The van der Waals surface area contributed by atoms with E-state index in [0.29, 0.717) is 0 Å². The molecule has 12 aromatic rings. The van der Waals surface area contributed by atoms with E-state index in [1.54, 1.807) is 0 Å². The molecule has 0 bridgehead atoms. The van der Waals surface area contributed by atoms with Gasteiger partial charge in [0.05, 0.1) is 22.8 Å². The molecule has 2 nitrogen and oxygen atoms in total. The maximum Gasteiger partial charge on any atom is 0.0535 e. The van der Waals surface area contributed by atoms with Crippen molar-refractivity contribution in [2.75, 3.05) is 0 Å². The molecule has 2 heterocycles. The molecule has 65 heavy (non-hydrogen) atoms. The van der Waals surface area contributed by atoms with Crippen LogP contribution in [0.25, 0.3) is 111 Å². The molecular formula is C63H44N2. The summed E-state index contributed by atoms with van der Waals surface area (Å²) in [6.07, 6.45) is 0. The highest BCUT2D eigenvalue weighted by Gasteiger charge is 2.23. The molecule has 0 N–H and O–H groups in total. The van der Waals surface area contributed by atoms with Gasteiger partial charge >= 0.3 is 0 Å². The SMILES string of the molecule is Cc1ccccc1-c1c2cc(-n3c(-c4ccccc4)ccc3-c3ccccc3)ccc2c(-c2cccc3ccccc23)c2cc(-n3c(-c4ccccc4)ccc3-c3ccccc3)ccc12. The Morgan fingerprint density at radius 2 is 0.631 bits per heavy atom. The van der Waals surface area contributed by atoms with Crippen molar-refractivity contribution < 1.29 is 0 Å². The van der Waals surface area contributed by atoms with Gasteiger partial charge in [-0.3, -0.25) is 0 Å². The predicted octanol–water partition coefficient (Wildman–Crippen LogP) is 17.0. The van der Waals surface area contributed by atoms with Gasteiger partial charge in [-0.1, -0.05) is 200 Å². The largest absolute Gasteiger partial charge is 0.309 e. The highest BCUT2D eigenvalue weighted by Crippen LogP contribution is 2.48. The zero-order valence-electron chi connectivity index (χ0n) is 36.1. The van der Waals surface area contributed by atoms with Crippen molar-refractivity contribution in [1.82, 2.24) is 9.13 Å². The zero-order chi connectivity index (χ0) is 43.3. The second kappa shape index (κ2) is 16.0. The van der Waals surface area contributed by atoms with Crippen molar-refractivity contribution in [2.45, 2.75) is 6.92 Å². The van der Waals surface area contributed by atoms with E-state index in [4.69, 9.17) is 0 Å². The lowest BCUT2D eigenvalue weighted by Crippen LogP contribution is -2.02. The number of aromatic nitrogens is 2. The van der Waals surface area contributed by atoms with Crippen LogP contribution in [0.4, 0.5) is 0 Å². The second-order valence-corrected chi connectivity index (χ2v) is 16.9. The molecule has 0 aliphatic carbocycles. The van der Waals surface area contributed by atoms with Gasteiger partial charge in [0.1, 0.15) is 0 Å². The Morgan fingerprint density at radius 3 is 1.09 bits per heavy atom. The molecule has 0 aliphatic rings. The lowest BCUT2D eigenvalue weighted by atomic mass is 9.83. The van der Waals surface area contributed by atoms with E-state index in [-0.39, 0.29) is 0 Å². The third-order valence-corrected chi connectivity index (χ3v) is 13.1. The molecule has 0 aliphatic heterocycles. The van der Waals surface area contributed by atoms with Crippen LogP contribution in [0.2, 0.25) is 0 Å². The number of fused-ring (bicyclic) bond motifs is 3. The summed E-state index contributed by atoms with van der Waals surface area (Å²) in [7, 11) is 0. The van der Waals surface area contributed by atoms with Crippen molar-refractivity contribution in [3.8, 4) is 78.7 Å². The summed E-state index contributed by atoms with van der Waals surface area (Å²) in [5.74, 6) is 0. The number of rotatable bonds is 8. The fourth-order valence-electron chi connectivity index (χ4n) is 10.1. The minimum Gasteiger partial charge on any atom is -0.309 e. The Hall–Kier alpha value is -8.46. The minimum atomic E-state index is 1.11. The van der Waals surface area contributed by atoms with Gasteiger partial charge in [0.25, 0.3) is 0 Å². The number of nitrogens with zero attached hydrogens (tertiary/aromatic N) is 2. The third kappa shape index (κ3) is 6.58. The van der Waals surface area contributed by atoms with Gasteiger partial charge in [0.2, 0.25) is 0 Å². The van der Waals surface area contributed by atoms with Gasteiger partial charge in [-0.25, -0.2) is 0 Å². The van der Waals surface area contributed by atoms with E-state index in [9.17, 15) is 0 Å². The summed E-state index contributed by atoms with van der Waals surface area (Å²) in [4.78, 5) is 0. The van der Waals surface area contributed by atoms with E-state index in [0.717, 1.165) is 34.2 Å². The molecule has 2 aromatic heterocycles. The molecule has 0 unspecified atom stereocenters. The Labute approximate surface area is 379 Å². The van der Waals surface area contributed by atoms with E-state index in [2.05, 4.69) is 265 Å². The smallest absolute Gasteiger partial charge is 0.0535 e. The predicted molar refractivity (Wildman–Crippen MR) is 275 cm³/mol. The first-order valence-corrected chi connectivity index (χ1v) is 22.4. The van der Waals surface area contributed by atoms with Crippen LogP contribution in [0.15, 0.2) is 249 Å². The van der Waals surface area contributed by atoms with E-state index in [1.165, 1.54) is 82.4 Å². The lowest BCUT2D eigenvalue weighted by molar-refractivity contribution is 1.10. The van der Waals surface area contributed by atoms with Crippen molar-refractivity contribution in [2.24, 2.45) is 0 Å². The maximum atomic E-state index is 2.45. The molecule has 0 radical (unpaired) electrons. The summed E-state index contributed by atoms with van der Waals surface area (Å²) >= 11 is 0. The van der Waals surface area contributed by atoms with Gasteiger partial charge in [0.15, 0.2) is 0 Å². The zero-order valence-corrected chi connectivity index (χ0v) is 36.1. The second-order valence-electron chi connectivity index (χ2n) is 16.9. The van der Waals surface area contributed by atoms with Crippen LogP contribution in [0.3, 0.4) is 0 Å². The Morgan fingerprint density at radius 1 is 0.262 bits per heavy atom. The molecule has 0 spiro atoms. The Bertz CT molecular complexity index is 3570. The van der Waals surface area contributed by atoms with Crippen LogP contribution in [0.5, 0.6) is 0 Å². The van der Waals surface area contributed by atoms with Crippen LogP contribution in [-0.2, 0) is 0 Å². The highest BCUT2D eigenvalue weighted by molar-refractivity contribution is 6.24. The minimum absolute atomic E-state index is 1.11. The molecular weight excluding hydrogens is 785 g/mol. The van der Waals surface area contributed by atoms with Gasteiger partial charge in [0, 0.05) is 11.4 Å². The fraction of sp³-hybridized carbons (Fsp3) is 0.0159. The maximum absolute atomic E-state index is 2.45. The molecule has 0 fully saturated rings. The highest BCUT2D eigenvalue weighted by atomic mass is 15.0. The summed E-state index contributed by atoms with van der Waals surface area (Å²) in [5.41, 5.74) is 17.7. The quantitative estimate of drug-likeness (QED) is 0.135. The molecule has 2 heteroatoms. The number of hydrogen-bond acceptors (Lipinski definition) is 0. The first-order chi connectivity index (χ1) is 32.2. The summed E-state index contributed by atoms with van der Waals surface area (Å²) in [6.45, 7) is 2.24. The number of aryl methyl sites for hydroxylation is 1.